The first-order valence-corrected chi connectivity index (χ1v) is 3.71. The fourth-order valence-corrected chi connectivity index (χ4v) is 0.624. The van der Waals surface area contributed by atoms with E-state index in [2.05, 4.69) is 0 Å². The Morgan fingerprint density at radius 2 is 1.92 bits per heavy atom. The van der Waals surface area contributed by atoms with Crippen LogP contribution in [0.25, 0.3) is 0 Å². The number of carbonyl (C=O) groups is 1. The van der Waals surface area contributed by atoms with Crippen molar-refractivity contribution in [2.45, 2.75) is 45.8 Å². The molecule has 4 heteroatoms. The van der Waals surface area contributed by atoms with Crippen molar-refractivity contribution in [2.24, 2.45) is 0 Å². The zero-order valence-corrected chi connectivity index (χ0v) is 8.26. The highest BCUT2D eigenvalue weighted by Gasteiger charge is 2.17. The maximum absolute atomic E-state index is 10.9. The molecule has 0 aliphatic carbocycles. The van der Waals surface area contributed by atoms with Gasteiger partial charge in [-0.1, -0.05) is 0 Å². The van der Waals surface area contributed by atoms with Gasteiger partial charge in [0.15, 0.2) is 0 Å². The molecular formula is C8H19NO3. The van der Waals surface area contributed by atoms with Gasteiger partial charge in [-0.2, -0.15) is 0 Å². The van der Waals surface area contributed by atoms with Gasteiger partial charge in [-0.3, -0.25) is 4.79 Å². The maximum atomic E-state index is 10.9. The van der Waals surface area contributed by atoms with Crippen molar-refractivity contribution in [1.29, 1.82) is 0 Å². The molecule has 4 N–H and O–H groups in total. The van der Waals surface area contributed by atoms with Crippen LogP contribution in [0.2, 0.25) is 0 Å². The Morgan fingerprint density at radius 1 is 1.50 bits per heavy atom. The van der Waals surface area contributed by atoms with E-state index in [9.17, 15) is 4.79 Å². The molecule has 0 aromatic rings. The maximum Gasteiger partial charge on any atom is 0.308 e. The minimum Gasteiger partial charge on any atom is -0.460 e. The predicted octanol–water partition coefficient (Wildman–Crippen LogP) is 1.26. The Bertz CT molecular complexity index is 138. The fraction of sp³-hybridized carbons (Fsp3) is 0.875. The summed E-state index contributed by atoms with van der Waals surface area (Å²) >= 11 is 0. The van der Waals surface area contributed by atoms with Gasteiger partial charge in [0.25, 0.3) is 0 Å². The summed E-state index contributed by atoms with van der Waals surface area (Å²) in [6, 6.07) is 0. The molecular weight excluding hydrogens is 158 g/mol. The summed E-state index contributed by atoms with van der Waals surface area (Å²) in [4.78, 5) is 10.9. The molecule has 1 atom stereocenters. The Balaban J connectivity index is 0. The summed E-state index contributed by atoms with van der Waals surface area (Å²) in [5, 5.41) is 8.82. The van der Waals surface area contributed by atoms with Gasteiger partial charge in [0.2, 0.25) is 0 Å². The number of esters is 1. The average Bonchev–Trinajstić information content (AvgIpc) is 1.53. The molecule has 0 saturated heterocycles. The summed E-state index contributed by atoms with van der Waals surface area (Å²) in [6.45, 7) is 6.96. The van der Waals surface area contributed by atoms with Crippen LogP contribution in [-0.2, 0) is 9.53 Å². The number of hydrogen-bond donors (Lipinski definition) is 2. The van der Waals surface area contributed by atoms with Crippen molar-refractivity contribution >= 4 is 5.97 Å². The second-order valence-electron chi connectivity index (χ2n) is 3.64. The normalized spacial score (nSPS) is 13.1. The Hall–Kier alpha value is -0.610. The Kier molecular flexibility index (Phi) is 5.94. The van der Waals surface area contributed by atoms with Gasteiger partial charge in [0.1, 0.15) is 5.60 Å². The summed E-state index contributed by atoms with van der Waals surface area (Å²) in [5.74, 6) is -0.354. The second-order valence-corrected chi connectivity index (χ2v) is 3.64. The van der Waals surface area contributed by atoms with Crippen molar-refractivity contribution in [3.8, 4) is 0 Å². The van der Waals surface area contributed by atoms with Gasteiger partial charge in [-0.15, -0.1) is 0 Å². The topological polar surface area (TPSA) is 81.5 Å². The molecule has 0 radical (unpaired) electrons. The molecule has 74 valence electrons. The van der Waals surface area contributed by atoms with Crippen LogP contribution >= 0.6 is 0 Å². The van der Waals surface area contributed by atoms with Gasteiger partial charge < -0.3 is 16.0 Å². The number of ether oxygens (including phenoxy) is 1. The molecule has 12 heavy (non-hydrogen) atoms. The number of aliphatic hydroxyl groups excluding tert-OH is 1. The third kappa shape index (κ3) is 9.39. The van der Waals surface area contributed by atoms with Gasteiger partial charge in [-0.25, -0.2) is 0 Å². The van der Waals surface area contributed by atoms with Crippen molar-refractivity contribution in [3.63, 3.8) is 0 Å². The smallest absolute Gasteiger partial charge is 0.308 e. The van der Waals surface area contributed by atoms with Crippen molar-refractivity contribution in [1.82, 2.24) is 6.15 Å². The lowest BCUT2D eigenvalue weighted by atomic mass is 10.2. The molecule has 0 amide bonds. The van der Waals surface area contributed by atoms with Crippen LogP contribution in [0.15, 0.2) is 0 Å². The lowest BCUT2D eigenvalue weighted by Gasteiger charge is -2.19. The van der Waals surface area contributed by atoms with E-state index in [0.717, 1.165) is 0 Å². The molecule has 0 saturated carbocycles. The van der Waals surface area contributed by atoms with Crippen LogP contribution in [-0.4, -0.2) is 22.8 Å². The first-order chi connectivity index (χ1) is 4.81. The summed E-state index contributed by atoms with van der Waals surface area (Å²) in [7, 11) is 0. The lowest BCUT2D eigenvalue weighted by molar-refractivity contribution is -0.156. The largest absolute Gasteiger partial charge is 0.460 e. The highest BCUT2D eigenvalue weighted by atomic mass is 16.6. The minimum atomic E-state index is -0.621. The number of rotatable bonds is 2. The molecule has 0 aromatic heterocycles. The van der Waals surface area contributed by atoms with Gasteiger partial charge in [-0.05, 0) is 27.7 Å². The third-order valence-electron chi connectivity index (χ3n) is 0.882. The van der Waals surface area contributed by atoms with Crippen LogP contribution in [0.5, 0.6) is 0 Å². The number of carbonyl (C=O) groups excluding carboxylic acids is 1. The first-order valence-electron chi connectivity index (χ1n) is 3.71. The number of hydrogen-bond acceptors (Lipinski definition) is 4. The summed E-state index contributed by atoms with van der Waals surface area (Å²) in [5.41, 5.74) is -0.452. The van der Waals surface area contributed by atoms with Crippen LogP contribution in [0.3, 0.4) is 0 Å². The molecule has 0 spiro atoms. The van der Waals surface area contributed by atoms with Crippen LogP contribution < -0.4 is 6.15 Å². The molecule has 0 bridgehead atoms. The molecule has 0 aromatic carbocycles. The molecule has 0 heterocycles. The highest BCUT2D eigenvalue weighted by Crippen LogP contribution is 2.08. The van der Waals surface area contributed by atoms with Crippen LogP contribution in [0.1, 0.15) is 34.1 Å². The monoisotopic (exact) mass is 177 g/mol. The SMILES string of the molecule is CC(O)CC(=O)OC(C)(C)C.N. The summed E-state index contributed by atoms with van der Waals surface area (Å²) in [6.07, 6.45) is -0.554. The second kappa shape index (κ2) is 5.11. The molecule has 1 unspecified atom stereocenters. The van der Waals surface area contributed by atoms with Crippen molar-refractivity contribution in [3.05, 3.63) is 0 Å². The van der Waals surface area contributed by atoms with E-state index in [1.165, 1.54) is 0 Å². The molecule has 0 aliphatic rings. The van der Waals surface area contributed by atoms with Gasteiger partial charge >= 0.3 is 5.97 Å². The molecule has 0 aliphatic heterocycles. The van der Waals surface area contributed by atoms with E-state index in [4.69, 9.17) is 9.84 Å². The lowest BCUT2D eigenvalue weighted by Crippen LogP contribution is -2.25. The summed E-state index contributed by atoms with van der Waals surface area (Å²) < 4.78 is 4.95. The first kappa shape index (κ1) is 13.9. The van der Waals surface area contributed by atoms with E-state index in [0.29, 0.717) is 0 Å². The zero-order chi connectivity index (χ0) is 9.07. The van der Waals surface area contributed by atoms with E-state index < -0.39 is 11.7 Å². The standard InChI is InChI=1S/C8H16O3.H3N/c1-6(9)5-7(10)11-8(2,3)4;/h6,9H,5H2,1-4H3;1H3. The van der Waals surface area contributed by atoms with Gasteiger partial charge in [0, 0.05) is 0 Å². The van der Waals surface area contributed by atoms with Crippen molar-refractivity contribution < 1.29 is 14.6 Å². The highest BCUT2D eigenvalue weighted by molar-refractivity contribution is 5.70. The minimum absolute atomic E-state index is 0. The predicted molar refractivity (Wildman–Crippen MR) is 47.2 cm³/mol. The third-order valence-corrected chi connectivity index (χ3v) is 0.882. The zero-order valence-electron chi connectivity index (χ0n) is 8.26. The molecule has 4 nitrogen and oxygen atoms in total. The Labute approximate surface area is 73.5 Å². The van der Waals surface area contributed by atoms with Crippen molar-refractivity contribution in [2.75, 3.05) is 0 Å². The van der Waals surface area contributed by atoms with E-state index in [1.807, 2.05) is 0 Å². The van der Waals surface area contributed by atoms with E-state index in [-0.39, 0.29) is 18.5 Å². The van der Waals surface area contributed by atoms with Gasteiger partial charge in [0.05, 0.1) is 12.5 Å². The number of aliphatic hydroxyl groups is 1. The van der Waals surface area contributed by atoms with Crippen LogP contribution in [0, 0.1) is 0 Å². The molecule has 0 rings (SSSR count). The van der Waals surface area contributed by atoms with Crippen LogP contribution in [0.4, 0.5) is 0 Å². The van der Waals surface area contributed by atoms with E-state index in [1.54, 1.807) is 27.7 Å². The fourth-order valence-electron chi connectivity index (χ4n) is 0.624. The Morgan fingerprint density at radius 3 is 2.17 bits per heavy atom. The quantitative estimate of drug-likeness (QED) is 0.622. The van der Waals surface area contributed by atoms with E-state index >= 15 is 0 Å². The average molecular weight is 177 g/mol. The molecule has 0 fully saturated rings.